The van der Waals surface area contributed by atoms with E-state index in [4.69, 9.17) is 0 Å². The number of rotatable bonds is 10. The molecule has 1 rings (SSSR count). The van der Waals surface area contributed by atoms with Crippen molar-refractivity contribution in [3.8, 4) is 0 Å². The predicted octanol–water partition coefficient (Wildman–Crippen LogP) is 2.66. The van der Waals surface area contributed by atoms with Gasteiger partial charge >= 0.3 is 0 Å². The molecule has 5 nitrogen and oxygen atoms in total. The van der Waals surface area contributed by atoms with Gasteiger partial charge in [-0.2, -0.15) is 0 Å². The third kappa shape index (κ3) is 6.65. The van der Waals surface area contributed by atoms with Crippen molar-refractivity contribution in [2.75, 3.05) is 31.5 Å². The van der Waals surface area contributed by atoms with Crippen LogP contribution in [0, 0.1) is 0 Å². The molecule has 2 amide bonds. The van der Waals surface area contributed by atoms with Crippen LogP contribution in [0.25, 0.3) is 0 Å². The van der Waals surface area contributed by atoms with Gasteiger partial charge in [0.05, 0.1) is 6.54 Å². The van der Waals surface area contributed by atoms with Crippen molar-refractivity contribution in [2.45, 2.75) is 26.7 Å². The summed E-state index contributed by atoms with van der Waals surface area (Å²) in [4.78, 5) is 26.0. The summed E-state index contributed by atoms with van der Waals surface area (Å²) < 4.78 is 0. The summed E-state index contributed by atoms with van der Waals surface area (Å²) in [7, 11) is 0. The van der Waals surface area contributed by atoms with Gasteiger partial charge in [-0.1, -0.05) is 19.9 Å². The Balaban J connectivity index is 2.62. The van der Waals surface area contributed by atoms with Gasteiger partial charge in [0.15, 0.2) is 0 Å². The number of hydrogen-bond donors (Lipinski definition) is 2. The molecule has 1 aromatic carbocycles. The van der Waals surface area contributed by atoms with E-state index < -0.39 is 0 Å². The van der Waals surface area contributed by atoms with Crippen molar-refractivity contribution in [1.29, 1.82) is 0 Å². The summed E-state index contributed by atoms with van der Waals surface area (Å²) in [6, 6.07) is 7.03. The smallest absolute Gasteiger partial charge is 0.253 e. The van der Waals surface area contributed by atoms with Crippen LogP contribution in [0.5, 0.6) is 0 Å². The van der Waals surface area contributed by atoms with Crippen LogP contribution in [0.2, 0.25) is 0 Å². The van der Waals surface area contributed by atoms with E-state index in [2.05, 4.69) is 31.1 Å². The second-order valence-corrected chi connectivity index (χ2v) is 5.34. The summed E-state index contributed by atoms with van der Waals surface area (Å²) in [6.45, 7) is 10.1. The summed E-state index contributed by atoms with van der Waals surface area (Å²) in [5, 5.41) is 5.72. The molecule has 0 bridgehead atoms. The molecular formula is C18H27N3O2. The van der Waals surface area contributed by atoms with Crippen LogP contribution in [0.15, 0.2) is 36.9 Å². The quantitative estimate of drug-likeness (QED) is 0.515. The second-order valence-electron chi connectivity index (χ2n) is 5.34. The fourth-order valence-corrected chi connectivity index (χ4v) is 2.23. The van der Waals surface area contributed by atoms with Crippen molar-refractivity contribution in [3.05, 3.63) is 42.5 Å². The first-order valence-electron chi connectivity index (χ1n) is 8.13. The van der Waals surface area contributed by atoms with E-state index in [0.29, 0.717) is 17.8 Å². The number of benzene rings is 1. The van der Waals surface area contributed by atoms with Crippen molar-refractivity contribution < 1.29 is 9.59 Å². The van der Waals surface area contributed by atoms with Crippen molar-refractivity contribution in [3.63, 3.8) is 0 Å². The molecule has 0 aliphatic carbocycles. The monoisotopic (exact) mass is 317 g/mol. The van der Waals surface area contributed by atoms with Crippen LogP contribution in [0.3, 0.4) is 0 Å². The second kappa shape index (κ2) is 10.6. The predicted molar refractivity (Wildman–Crippen MR) is 94.6 cm³/mol. The topological polar surface area (TPSA) is 61.4 Å². The van der Waals surface area contributed by atoms with E-state index >= 15 is 0 Å². The molecule has 2 N–H and O–H groups in total. The molecule has 126 valence electrons. The van der Waals surface area contributed by atoms with E-state index in [1.54, 1.807) is 30.3 Å². The van der Waals surface area contributed by atoms with E-state index in [0.717, 1.165) is 25.9 Å². The molecular weight excluding hydrogens is 290 g/mol. The zero-order valence-corrected chi connectivity index (χ0v) is 14.1. The Morgan fingerprint density at radius 2 is 1.74 bits per heavy atom. The van der Waals surface area contributed by atoms with E-state index in [-0.39, 0.29) is 18.4 Å². The average molecular weight is 317 g/mol. The lowest BCUT2D eigenvalue weighted by atomic mass is 10.1. The lowest BCUT2D eigenvalue weighted by Crippen LogP contribution is -2.32. The fraction of sp³-hybridized carbons (Fsp3) is 0.444. The lowest BCUT2D eigenvalue weighted by molar-refractivity contribution is -0.115. The van der Waals surface area contributed by atoms with E-state index in [1.165, 1.54) is 0 Å². The molecule has 23 heavy (non-hydrogen) atoms. The number of carbonyl (C=O) groups is 2. The number of hydrogen-bond acceptors (Lipinski definition) is 3. The molecule has 0 radical (unpaired) electrons. The van der Waals surface area contributed by atoms with Gasteiger partial charge in [-0.25, -0.2) is 0 Å². The number of nitrogens with one attached hydrogen (secondary N) is 2. The van der Waals surface area contributed by atoms with Crippen LogP contribution in [-0.4, -0.2) is 42.9 Å². The Bertz CT molecular complexity index is 506. The van der Waals surface area contributed by atoms with Crippen molar-refractivity contribution >= 4 is 17.5 Å². The van der Waals surface area contributed by atoms with Crippen LogP contribution in [0.4, 0.5) is 5.69 Å². The highest BCUT2D eigenvalue weighted by Gasteiger charge is 2.14. The minimum Gasteiger partial charge on any atom is -0.339 e. The summed E-state index contributed by atoms with van der Waals surface area (Å²) in [6.07, 6.45) is 3.58. The van der Waals surface area contributed by atoms with E-state index in [9.17, 15) is 9.59 Å². The maximum atomic E-state index is 12.5. The summed E-state index contributed by atoms with van der Waals surface area (Å²) in [5.74, 6) is -0.0799. The maximum Gasteiger partial charge on any atom is 0.253 e. The highest BCUT2D eigenvalue weighted by atomic mass is 16.2. The van der Waals surface area contributed by atoms with Crippen LogP contribution >= 0.6 is 0 Å². The van der Waals surface area contributed by atoms with Gasteiger partial charge in [-0.3, -0.25) is 9.59 Å². The number of amides is 2. The van der Waals surface area contributed by atoms with Gasteiger partial charge < -0.3 is 15.5 Å². The average Bonchev–Trinajstić information content (AvgIpc) is 2.55. The first-order chi connectivity index (χ1) is 11.1. The minimum atomic E-state index is -0.121. The Morgan fingerprint density at radius 3 is 2.26 bits per heavy atom. The number of carbonyl (C=O) groups excluding carboxylic acids is 2. The van der Waals surface area contributed by atoms with Gasteiger partial charge in [0, 0.05) is 30.9 Å². The Kier molecular flexibility index (Phi) is 8.68. The van der Waals surface area contributed by atoms with Gasteiger partial charge in [0.25, 0.3) is 5.91 Å². The maximum absolute atomic E-state index is 12.5. The summed E-state index contributed by atoms with van der Waals surface area (Å²) in [5.41, 5.74) is 1.33. The lowest BCUT2D eigenvalue weighted by Gasteiger charge is -2.21. The highest BCUT2D eigenvalue weighted by Crippen LogP contribution is 2.12. The molecule has 0 aliphatic heterocycles. The van der Waals surface area contributed by atoms with Gasteiger partial charge in [-0.05, 0) is 37.1 Å². The fourth-order valence-electron chi connectivity index (χ4n) is 2.23. The molecule has 0 unspecified atom stereocenters. The van der Waals surface area contributed by atoms with Crippen LogP contribution < -0.4 is 10.6 Å². The number of anilines is 1. The number of nitrogens with zero attached hydrogens (tertiary/aromatic N) is 1. The highest BCUT2D eigenvalue weighted by molar-refractivity contribution is 5.96. The van der Waals surface area contributed by atoms with Gasteiger partial charge in [0.1, 0.15) is 0 Å². The third-order valence-electron chi connectivity index (χ3n) is 3.26. The first-order valence-corrected chi connectivity index (χ1v) is 8.13. The normalized spacial score (nSPS) is 10.2. The molecule has 1 aromatic rings. The first kappa shape index (κ1) is 18.9. The SMILES string of the molecule is C=CCNCC(=O)Nc1ccc(C(=O)N(CCC)CCC)cc1. The zero-order chi connectivity index (χ0) is 17.1. The molecule has 0 aliphatic rings. The molecule has 0 spiro atoms. The van der Waals surface area contributed by atoms with Crippen LogP contribution in [0.1, 0.15) is 37.0 Å². The molecule has 0 atom stereocenters. The Hall–Kier alpha value is -2.14. The molecule has 0 aromatic heterocycles. The Labute approximate surface area is 138 Å². The minimum absolute atomic E-state index is 0.0410. The largest absolute Gasteiger partial charge is 0.339 e. The molecule has 0 fully saturated rings. The molecule has 0 heterocycles. The molecule has 0 saturated carbocycles. The third-order valence-corrected chi connectivity index (χ3v) is 3.26. The van der Waals surface area contributed by atoms with Crippen molar-refractivity contribution in [2.24, 2.45) is 0 Å². The molecule has 5 heteroatoms. The van der Waals surface area contributed by atoms with Gasteiger partial charge in [-0.15, -0.1) is 6.58 Å². The summed E-state index contributed by atoms with van der Waals surface area (Å²) >= 11 is 0. The van der Waals surface area contributed by atoms with Crippen LogP contribution in [-0.2, 0) is 4.79 Å². The Morgan fingerprint density at radius 1 is 1.13 bits per heavy atom. The standard InChI is InChI=1S/C18H27N3O2/c1-4-11-19-14-17(22)20-16-9-7-15(8-10-16)18(23)21(12-5-2)13-6-3/h4,7-10,19H,1,5-6,11-14H2,2-3H3,(H,20,22). The van der Waals surface area contributed by atoms with E-state index in [1.807, 2.05) is 4.90 Å². The van der Waals surface area contributed by atoms with Gasteiger partial charge in [0.2, 0.25) is 5.91 Å². The zero-order valence-electron chi connectivity index (χ0n) is 14.1. The van der Waals surface area contributed by atoms with Crippen molar-refractivity contribution in [1.82, 2.24) is 10.2 Å². The molecule has 0 saturated heterocycles.